The molecular weight excluding hydrogens is 266 g/mol. The van der Waals surface area contributed by atoms with E-state index in [0.29, 0.717) is 12.6 Å². The number of carboxylic acid groups (broad SMARTS) is 1. The third kappa shape index (κ3) is 4.56. The Hall–Kier alpha value is -1.36. The minimum absolute atomic E-state index is 0.0415. The molecule has 5 heteroatoms. The molecule has 5 nitrogen and oxygen atoms in total. The van der Waals surface area contributed by atoms with Crippen molar-refractivity contribution in [3.05, 3.63) is 18.0 Å². The first-order chi connectivity index (χ1) is 9.86. The zero-order chi connectivity index (χ0) is 15.5. The lowest BCUT2D eigenvalue weighted by molar-refractivity contribution is -0.139. The van der Waals surface area contributed by atoms with E-state index in [1.165, 1.54) is 32.1 Å². The summed E-state index contributed by atoms with van der Waals surface area (Å²) in [4.78, 5) is 13.0. The fourth-order valence-electron chi connectivity index (χ4n) is 2.90. The van der Waals surface area contributed by atoms with Gasteiger partial charge >= 0.3 is 5.97 Å². The highest BCUT2D eigenvalue weighted by molar-refractivity contribution is 5.69. The Morgan fingerprint density at radius 1 is 1.38 bits per heavy atom. The first kappa shape index (κ1) is 16.0. The molecule has 1 aliphatic rings. The molecule has 1 fully saturated rings. The Bertz CT molecular complexity index is 470. The number of rotatable bonds is 5. The van der Waals surface area contributed by atoms with Crippen LogP contribution >= 0.6 is 0 Å². The first-order valence-electron chi connectivity index (χ1n) is 7.87. The van der Waals surface area contributed by atoms with Gasteiger partial charge in [0.25, 0.3) is 0 Å². The van der Waals surface area contributed by atoms with E-state index in [4.69, 9.17) is 5.11 Å². The Labute approximate surface area is 126 Å². The summed E-state index contributed by atoms with van der Waals surface area (Å²) in [5, 5.41) is 13.7. The minimum atomic E-state index is -0.795. The molecular formula is C16H27N3O2. The summed E-state index contributed by atoms with van der Waals surface area (Å²) in [6, 6.07) is 2.55. The molecule has 118 valence electrons. The lowest BCUT2D eigenvalue weighted by Gasteiger charge is -2.33. The number of nitrogens with zero attached hydrogens (tertiary/aromatic N) is 3. The molecule has 21 heavy (non-hydrogen) atoms. The molecule has 1 N–H and O–H groups in total. The molecule has 0 radical (unpaired) electrons. The van der Waals surface area contributed by atoms with Gasteiger partial charge in [-0.25, -0.2) is 0 Å². The molecule has 0 atom stereocenters. The summed E-state index contributed by atoms with van der Waals surface area (Å²) in [5.74, 6) is -0.795. The van der Waals surface area contributed by atoms with E-state index in [1.54, 1.807) is 0 Å². The average Bonchev–Trinajstić information content (AvgIpc) is 2.86. The van der Waals surface area contributed by atoms with Crippen LogP contribution in [-0.4, -0.2) is 37.8 Å². The first-order valence-corrected chi connectivity index (χ1v) is 7.87. The molecule has 0 bridgehead atoms. The second-order valence-electron chi connectivity index (χ2n) is 7.00. The summed E-state index contributed by atoms with van der Waals surface area (Å²) in [7, 11) is 0. The standard InChI is InChI=1S/C16H27N3O2/c1-16(2,3)18(12-15(20)21)11-13-9-10-19(17-13)14-7-5-4-6-8-14/h9-10,14H,4-8,11-12H2,1-3H3,(H,20,21). The highest BCUT2D eigenvalue weighted by Gasteiger charge is 2.25. The Morgan fingerprint density at radius 2 is 2.05 bits per heavy atom. The molecule has 0 aliphatic heterocycles. The second kappa shape index (κ2) is 6.60. The van der Waals surface area contributed by atoms with Crippen molar-refractivity contribution in [2.45, 2.75) is 71.0 Å². The summed E-state index contributed by atoms with van der Waals surface area (Å²) >= 11 is 0. The summed E-state index contributed by atoms with van der Waals surface area (Å²) in [5.41, 5.74) is 0.768. The van der Waals surface area contributed by atoms with Crippen LogP contribution in [0.3, 0.4) is 0 Å². The van der Waals surface area contributed by atoms with Crippen molar-refractivity contribution in [2.24, 2.45) is 0 Å². The molecule has 0 saturated heterocycles. The maximum absolute atomic E-state index is 11.0. The van der Waals surface area contributed by atoms with E-state index in [1.807, 2.05) is 37.9 Å². The lowest BCUT2D eigenvalue weighted by Crippen LogP contribution is -2.43. The minimum Gasteiger partial charge on any atom is -0.480 e. The summed E-state index contributed by atoms with van der Waals surface area (Å²) in [6.07, 6.45) is 8.37. The van der Waals surface area contributed by atoms with Gasteiger partial charge in [-0.1, -0.05) is 19.3 Å². The van der Waals surface area contributed by atoms with Gasteiger partial charge in [-0.15, -0.1) is 0 Å². The predicted molar refractivity (Wildman–Crippen MR) is 82.1 cm³/mol. The third-order valence-corrected chi connectivity index (χ3v) is 4.24. The van der Waals surface area contributed by atoms with E-state index in [9.17, 15) is 4.79 Å². The molecule has 0 amide bonds. The molecule has 0 aromatic carbocycles. The van der Waals surface area contributed by atoms with Crippen molar-refractivity contribution in [2.75, 3.05) is 6.54 Å². The van der Waals surface area contributed by atoms with Crippen LogP contribution in [0.15, 0.2) is 12.3 Å². The number of aliphatic carboxylic acids is 1. The number of aromatic nitrogens is 2. The maximum Gasteiger partial charge on any atom is 0.317 e. The van der Waals surface area contributed by atoms with Gasteiger partial charge in [0.15, 0.2) is 0 Å². The monoisotopic (exact) mass is 293 g/mol. The van der Waals surface area contributed by atoms with Crippen LogP contribution in [0.4, 0.5) is 0 Å². The number of carbonyl (C=O) groups is 1. The molecule has 1 aromatic rings. The molecule has 0 unspecified atom stereocenters. The van der Waals surface area contributed by atoms with Crippen LogP contribution in [0, 0.1) is 0 Å². The predicted octanol–water partition coefficient (Wildman–Crippen LogP) is 3.07. The number of hydrogen-bond acceptors (Lipinski definition) is 3. The molecule has 1 saturated carbocycles. The Morgan fingerprint density at radius 3 is 2.62 bits per heavy atom. The van der Waals surface area contributed by atoms with Gasteiger partial charge < -0.3 is 5.11 Å². The lowest BCUT2D eigenvalue weighted by atomic mass is 9.96. The normalized spacial score (nSPS) is 17.3. The van der Waals surface area contributed by atoms with Crippen LogP contribution in [0.1, 0.15) is 64.6 Å². The van der Waals surface area contributed by atoms with Gasteiger partial charge in [-0.2, -0.15) is 5.10 Å². The van der Waals surface area contributed by atoms with Crippen molar-refractivity contribution in [3.63, 3.8) is 0 Å². The van der Waals surface area contributed by atoms with Gasteiger partial charge in [-0.3, -0.25) is 14.4 Å². The topological polar surface area (TPSA) is 58.4 Å². The SMILES string of the molecule is CC(C)(C)N(CC(=O)O)Cc1ccn(C2CCCCC2)n1. The van der Waals surface area contributed by atoms with E-state index in [-0.39, 0.29) is 12.1 Å². The van der Waals surface area contributed by atoms with Crippen molar-refractivity contribution in [1.82, 2.24) is 14.7 Å². The molecule has 1 aliphatic carbocycles. The highest BCUT2D eigenvalue weighted by atomic mass is 16.4. The van der Waals surface area contributed by atoms with Crippen LogP contribution in [0.5, 0.6) is 0 Å². The fourth-order valence-corrected chi connectivity index (χ4v) is 2.90. The molecule has 0 spiro atoms. The van der Waals surface area contributed by atoms with Gasteiger partial charge in [-0.05, 0) is 39.7 Å². The van der Waals surface area contributed by atoms with Gasteiger partial charge in [0.1, 0.15) is 0 Å². The van der Waals surface area contributed by atoms with Gasteiger partial charge in [0, 0.05) is 18.3 Å². The largest absolute Gasteiger partial charge is 0.480 e. The van der Waals surface area contributed by atoms with Crippen LogP contribution < -0.4 is 0 Å². The van der Waals surface area contributed by atoms with E-state index >= 15 is 0 Å². The number of hydrogen-bond donors (Lipinski definition) is 1. The zero-order valence-corrected chi connectivity index (χ0v) is 13.4. The average molecular weight is 293 g/mol. The summed E-state index contributed by atoms with van der Waals surface area (Å²) < 4.78 is 2.08. The number of carboxylic acids is 1. The molecule has 1 aromatic heterocycles. The van der Waals surface area contributed by atoms with Gasteiger partial charge in [0.2, 0.25) is 0 Å². The third-order valence-electron chi connectivity index (χ3n) is 4.24. The Kier molecular flexibility index (Phi) is 5.04. The van der Waals surface area contributed by atoms with Crippen LogP contribution in [0.2, 0.25) is 0 Å². The molecule has 2 rings (SSSR count). The van der Waals surface area contributed by atoms with E-state index < -0.39 is 5.97 Å². The van der Waals surface area contributed by atoms with Crippen LogP contribution in [0.25, 0.3) is 0 Å². The van der Waals surface area contributed by atoms with E-state index in [0.717, 1.165) is 5.69 Å². The van der Waals surface area contributed by atoms with Gasteiger partial charge in [0.05, 0.1) is 18.3 Å². The van der Waals surface area contributed by atoms with Crippen LogP contribution in [-0.2, 0) is 11.3 Å². The van der Waals surface area contributed by atoms with Crippen molar-refractivity contribution < 1.29 is 9.90 Å². The smallest absolute Gasteiger partial charge is 0.317 e. The van der Waals surface area contributed by atoms with Crippen molar-refractivity contribution in [3.8, 4) is 0 Å². The van der Waals surface area contributed by atoms with E-state index in [2.05, 4.69) is 9.78 Å². The molecule has 1 heterocycles. The van der Waals surface area contributed by atoms with Crippen molar-refractivity contribution >= 4 is 5.97 Å². The maximum atomic E-state index is 11.0. The quantitative estimate of drug-likeness (QED) is 0.906. The summed E-state index contributed by atoms with van der Waals surface area (Å²) in [6.45, 7) is 6.73. The van der Waals surface area contributed by atoms with Crippen molar-refractivity contribution in [1.29, 1.82) is 0 Å². The Balaban J connectivity index is 2.03. The second-order valence-corrected chi connectivity index (χ2v) is 7.00. The highest BCUT2D eigenvalue weighted by Crippen LogP contribution is 2.27. The fraction of sp³-hybridized carbons (Fsp3) is 0.750. The zero-order valence-electron chi connectivity index (χ0n) is 13.4.